The number of carbonyl (C=O) groups is 1. The van der Waals surface area contributed by atoms with Crippen molar-refractivity contribution in [3.8, 4) is 0 Å². The van der Waals surface area contributed by atoms with Crippen molar-refractivity contribution in [1.29, 1.82) is 0 Å². The van der Waals surface area contributed by atoms with Crippen LogP contribution < -0.4 is 5.32 Å². The molecule has 7 nitrogen and oxygen atoms in total. The number of rotatable bonds is 5. The molecule has 0 aromatic carbocycles. The zero-order chi connectivity index (χ0) is 14.7. The molecule has 0 spiro atoms. The van der Waals surface area contributed by atoms with Gasteiger partial charge in [0.1, 0.15) is 5.69 Å². The number of anilines is 1. The van der Waals surface area contributed by atoms with E-state index in [9.17, 15) is 4.79 Å². The number of hydrogen-bond acceptors (Lipinski definition) is 4. The molecule has 0 atom stereocenters. The lowest BCUT2D eigenvalue weighted by atomic mass is 10.3. The van der Waals surface area contributed by atoms with Gasteiger partial charge in [-0.15, -0.1) is 0 Å². The summed E-state index contributed by atoms with van der Waals surface area (Å²) in [5.41, 5.74) is 2.37. The SMILES string of the molecule is CCc1cc(C(=O)Nc2cc(CN(C)C)[nH]n2)n(C)n1. The van der Waals surface area contributed by atoms with Crippen molar-refractivity contribution in [1.82, 2.24) is 24.9 Å². The maximum atomic E-state index is 12.2. The number of nitrogens with zero attached hydrogens (tertiary/aromatic N) is 4. The third-order valence-corrected chi connectivity index (χ3v) is 2.88. The number of amides is 1. The van der Waals surface area contributed by atoms with E-state index in [0.29, 0.717) is 11.5 Å². The molecule has 0 fully saturated rings. The Morgan fingerprint density at radius 3 is 2.80 bits per heavy atom. The summed E-state index contributed by atoms with van der Waals surface area (Å²) in [6.07, 6.45) is 0.802. The summed E-state index contributed by atoms with van der Waals surface area (Å²) in [6, 6.07) is 3.62. The average Bonchev–Trinajstić information content (AvgIpc) is 2.95. The molecular formula is C13H20N6O. The van der Waals surface area contributed by atoms with Crippen LogP contribution in [0.3, 0.4) is 0 Å². The molecule has 0 unspecified atom stereocenters. The lowest BCUT2D eigenvalue weighted by Crippen LogP contribution is -2.16. The van der Waals surface area contributed by atoms with Crippen molar-refractivity contribution >= 4 is 11.7 Å². The highest BCUT2D eigenvalue weighted by molar-refractivity contribution is 6.02. The van der Waals surface area contributed by atoms with Crippen LogP contribution in [0.1, 0.15) is 28.8 Å². The summed E-state index contributed by atoms with van der Waals surface area (Å²) in [5, 5.41) is 14.0. The number of H-pyrrole nitrogens is 1. The molecule has 2 aromatic heterocycles. The summed E-state index contributed by atoms with van der Waals surface area (Å²) >= 11 is 0. The van der Waals surface area contributed by atoms with E-state index in [1.165, 1.54) is 0 Å². The Hall–Kier alpha value is -2.15. The number of aromatic nitrogens is 4. The molecule has 7 heteroatoms. The Labute approximate surface area is 118 Å². The van der Waals surface area contributed by atoms with Crippen LogP contribution in [0.4, 0.5) is 5.82 Å². The summed E-state index contributed by atoms with van der Waals surface area (Å²) in [6.45, 7) is 2.75. The topological polar surface area (TPSA) is 78.8 Å². The minimum atomic E-state index is -0.206. The Balaban J connectivity index is 2.07. The van der Waals surface area contributed by atoms with Gasteiger partial charge in [0, 0.05) is 19.7 Å². The maximum absolute atomic E-state index is 12.2. The molecule has 0 aliphatic rings. The quantitative estimate of drug-likeness (QED) is 0.854. The molecule has 0 aliphatic heterocycles. The van der Waals surface area contributed by atoms with Gasteiger partial charge in [-0.05, 0) is 26.6 Å². The van der Waals surface area contributed by atoms with E-state index in [2.05, 4.69) is 20.6 Å². The van der Waals surface area contributed by atoms with Crippen molar-refractivity contribution in [3.63, 3.8) is 0 Å². The monoisotopic (exact) mass is 276 g/mol. The first kappa shape index (κ1) is 14.3. The summed E-state index contributed by atoms with van der Waals surface area (Å²) in [4.78, 5) is 14.2. The van der Waals surface area contributed by atoms with Gasteiger partial charge in [0.05, 0.1) is 11.4 Å². The maximum Gasteiger partial charge on any atom is 0.275 e. The zero-order valence-corrected chi connectivity index (χ0v) is 12.3. The molecular weight excluding hydrogens is 256 g/mol. The molecule has 1 amide bonds. The molecule has 0 saturated carbocycles. The van der Waals surface area contributed by atoms with Gasteiger partial charge in [0.2, 0.25) is 0 Å². The highest BCUT2D eigenvalue weighted by atomic mass is 16.2. The van der Waals surface area contributed by atoms with Crippen molar-refractivity contribution < 1.29 is 4.79 Å². The van der Waals surface area contributed by atoms with Crippen LogP contribution in [-0.4, -0.2) is 44.9 Å². The fourth-order valence-electron chi connectivity index (χ4n) is 1.94. The van der Waals surface area contributed by atoms with Gasteiger partial charge in [0.25, 0.3) is 5.91 Å². The van der Waals surface area contributed by atoms with E-state index in [1.807, 2.05) is 32.0 Å². The molecule has 20 heavy (non-hydrogen) atoms. The van der Waals surface area contributed by atoms with Crippen LogP contribution in [0.2, 0.25) is 0 Å². The first-order chi connectivity index (χ1) is 9.49. The smallest absolute Gasteiger partial charge is 0.275 e. The highest BCUT2D eigenvalue weighted by Gasteiger charge is 2.14. The number of aryl methyl sites for hydroxylation is 2. The van der Waals surface area contributed by atoms with Gasteiger partial charge >= 0.3 is 0 Å². The van der Waals surface area contributed by atoms with E-state index in [1.54, 1.807) is 17.8 Å². The zero-order valence-electron chi connectivity index (χ0n) is 12.3. The van der Waals surface area contributed by atoms with Gasteiger partial charge in [-0.3, -0.25) is 14.6 Å². The first-order valence-electron chi connectivity index (χ1n) is 6.53. The minimum absolute atomic E-state index is 0.206. The van der Waals surface area contributed by atoms with Crippen LogP contribution in [-0.2, 0) is 20.0 Å². The average molecular weight is 276 g/mol. The van der Waals surface area contributed by atoms with E-state index >= 15 is 0 Å². The molecule has 108 valence electrons. The normalized spacial score (nSPS) is 11.1. The van der Waals surface area contributed by atoms with Crippen LogP contribution in [0.15, 0.2) is 12.1 Å². The van der Waals surface area contributed by atoms with Crippen LogP contribution in [0.5, 0.6) is 0 Å². The number of carbonyl (C=O) groups excluding carboxylic acids is 1. The van der Waals surface area contributed by atoms with E-state index in [-0.39, 0.29) is 5.91 Å². The van der Waals surface area contributed by atoms with Gasteiger partial charge < -0.3 is 10.2 Å². The molecule has 2 N–H and O–H groups in total. The second-order valence-electron chi connectivity index (χ2n) is 4.97. The molecule has 0 bridgehead atoms. The van der Waals surface area contributed by atoms with Gasteiger partial charge in [-0.25, -0.2) is 0 Å². The van der Waals surface area contributed by atoms with Gasteiger partial charge in [0.15, 0.2) is 5.82 Å². The molecule has 0 radical (unpaired) electrons. The lowest BCUT2D eigenvalue weighted by Gasteiger charge is -2.05. The second kappa shape index (κ2) is 5.87. The standard InChI is InChI=1S/C13H20N6O/c1-5-9-6-11(19(4)17-9)13(20)14-12-7-10(15-16-12)8-18(2)3/h6-7H,5,8H2,1-4H3,(H2,14,15,16,20). The Morgan fingerprint density at radius 2 is 2.20 bits per heavy atom. The third-order valence-electron chi connectivity index (χ3n) is 2.88. The largest absolute Gasteiger partial charge is 0.304 e. The second-order valence-corrected chi connectivity index (χ2v) is 4.97. The van der Waals surface area contributed by atoms with Crippen molar-refractivity contribution in [3.05, 3.63) is 29.2 Å². The number of hydrogen-bond donors (Lipinski definition) is 2. The molecule has 0 aliphatic carbocycles. The number of nitrogens with one attached hydrogen (secondary N) is 2. The van der Waals surface area contributed by atoms with Crippen LogP contribution in [0, 0.1) is 0 Å². The van der Waals surface area contributed by atoms with Crippen LogP contribution >= 0.6 is 0 Å². The van der Waals surface area contributed by atoms with E-state index < -0.39 is 0 Å². The van der Waals surface area contributed by atoms with Crippen LogP contribution in [0.25, 0.3) is 0 Å². The van der Waals surface area contributed by atoms with Crippen molar-refractivity contribution in [2.45, 2.75) is 19.9 Å². The molecule has 2 heterocycles. The minimum Gasteiger partial charge on any atom is -0.304 e. The van der Waals surface area contributed by atoms with E-state index in [0.717, 1.165) is 24.4 Å². The predicted octanol–water partition coefficient (Wildman–Crippen LogP) is 1.02. The Morgan fingerprint density at radius 1 is 1.45 bits per heavy atom. The van der Waals surface area contributed by atoms with E-state index in [4.69, 9.17) is 0 Å². The van der Waals surface area contributed by atoms with Crippen molar-refractivity contribution in [2.24, 2.45) is 7.05 Å². The summed E-state index contributed by atoms with van der Waals surface area (Å²) in [5.74, 6) is 0.314. The lowest BCUT2D eigenvalue weighted by molar-refractivity contribution is 0.101. The third kappa shape index (κ3) is 3.24. The van der Waals surface area contributed by atoms with Gasteiger partial charge in [-0.1, -0.05) is 6.92 Å². The fourth-order valence-corrected chi connectivity index (χ4v) is 1.94. The molecule has 2 rings (SSSR count). The first-order valence-corrected chi connectivity index (χ1v) is 6.53. The number of aromatic amines is 1. The van der Waals surface area contributed by atoms with Gasteiger partial charge in [-0.2, -0.15) is 10.2 Å². The summed E-state index contributed by atoms with van der Waals surface area (Å²) < 4.78 is 1.58. The Bertz CT molecular complexity index is 598. The fraction of sp³-hybridized carbons (Fsp3) is 0.462. The Kier molecular flexibility index (Phi) is 4.19. The molecule has 0 saturated heterocycles. The molecule has 2 aromatic rings. The summed E-state index contributed by atoms with van der Waals surface area (Å²) in [7, 11) is 5.71. The van der Waals surface area contributed by atoms with Crippen molar-refractivity contribution in [2.75, 3.05) is 19.4 Å². The predicted molar refractivity (Wildman–Crippen MR) is 76.5 cm³/mol. The highest BCUT2D eigenvalue weighted by Crippen LogP contribution is 2.10.